The maximum atomic E-state index is 11.8. The fourth-order valence-corrected chi connectivity index (χ4v) is 2.98. The summed E-state index contributed by atoms with van der Waals surface area (Å²) >= 11 is 1.63. The third kappa shape index (κ3) is 2.61. The second-order valence-corrected chi connectivity index (χ2v) is 5.27. The summed E-state index contributed by atoms with van der Waals surface area (Å²) in [5.74, 6) is -0.108. The molecule has 1 heterocycles. The molecule has 1 aromatic heterocycles. The van der Waals surface area contributed by atoms with Gasteiger partial charge in [0.1, 0.15) is 0 Å². The van der Waals surface area contributed by atoms with Crippen LogP contribution >= 0.6 is 11.3 Å². The molecule has 0 saturated heterocycles. The SMILES string of the molecule is CCc1nc(C)c(C(C(=O)OC)C(C)C)s1. The van der Waals surface area contributed by atoms with Crippen LogP contribution in [0.1, 0.15) is 42.3 Å². The van der Waals surface area contributed by atoms with Gasteiger partial charge in [0.15, 0.2) is 0 Å². The molecule has 0 saturated carbocycles. The third-order valence-electron chi connectivity index (χ3n) is 2.58. The van der Waals surface area contributed by atoms with Crippen LogP contribution in [0.5, 0.6) is 0 Å². The van der Waals surface area contributed by atoms with E-state index >= 15 is 0 Å². The first-order valence-electron chi connectivity index (χ1n) is 5.55. The van der Waals surface area contributed by atoms with Crippen LogP contribution in [0.15, 0.2) is 0 Å². The summed E-state index contributed by atoms with van der Waals surface area (Å²) < 4.78 is 4.87. The van der Waals surface area contributed by atoms with Gasteiger partial charge in [0.2, 0.25) is 0 Å². The zero-order valence-corrected chi connectivity index (χ0v) is 11.4. The number of thiazole rings is 1. The van der Waals surface area contributed by atoms with E-state index in [2.05, 4.69) is 11.9 Å². The minimum absolute atomic E-state index is 0.163. The van der Waals surface area contributed by atoms with Crippen molar-refractivity contribution in [2.45, 2.75) is 40.0 Å². The molecule has 0 aliphatic rings. The highest BCUT2D eigenvalue weighted by Crippen LogP contribution is 2.33. The predicted molar refractivity (Wildman–Crippen MR) is 65.8 cm³/mol. The number of methoxy groups -OCH3 is 1. The summed E-state index contributed by atoms with van der Waals surface area (Å²) in [6.07, 6.45) is 0.914. The number of ether oxygens (including phenoxy) is 1. The van der Waals surface area contributed by atoms with E-state index in [1.165, 1.54) is 7.11 Å². The summed E-state index contributed by atoms with van der Waals surface area (Å²) in [5, 5.41) is 1.09. The van der Waals surface area contributed by atoms with Crippen LogP contribution in [0.25, 0.3) is 0 Å². The zero-order chi connectivity index (χ0) is 12.3. The molecule has 0 amide bonds. The maximum absolute atomic E-state index is 11.8. The molecule has 0 radical (unpaired) electrons. The average molecular weight is 241 g/mol. The number of rotatable bonds is 4. The van der Waals surface area contributed by atoms with Crippen LogP contribution in [0.4, 0.5) is 0 Å². The van der Waals surface area contributed by atoms with E-state index in [1.54, 1.807) is 11.3 Å². The molecule has 1 atom stereocenters. The normalized spacial score (nSPS) is 12.9. The van der Waals surface area contributed by atoms with Crippen molar-refractivity contribution in [1.82, 2.24) is 4.98 Å². The van der Waals surface area contributed by atoms with Crippen molar-refractivity contribution >= 4 is 17.3 Å². The number of hydrogen-bond acceptors (Lipinski definition) is 4. The molecule has 0 N–H and O–H groups in total. The van der Waals surface area contributed by atoms with Gasteiger partial charge in [-0.15, -0.1) is 11.3 Å². The lowest BCUT2D eigenvalue weighted by molar-refractivity contribution is -0.143. The van der Waals surface area contributed by atoms with Crippen molar-refractivity contribution in [3.63, 3.8) is 0 Å². The van der Waals surface area contributed by atoms with Crippen molar-refractivity contribution in [3.05, 3.63) is 15.6 Å². The maximum Gasteiger partial charge on any atom is 0.314 e. The first-order chi connectivity index (χ1) is 7.51. The lowest BCUT2D eigenvalue weighted by Gasteiger charge is -2.17. The van der Waals surface area contributed by atoms with Gasteiger partial charge in [-0.05, 0) is 19.3 Å². The van der Waals surface area contributed by atoms with Gasteiger partial charge in [-0.2, -0.15) is 0 Å². The van der Waals surface area contributed by atoms with Crippen LogP contribution in [-0.2, 0) is 16.0 Å². The molecule has 0 spiro atoms. The van der Waals surface area contributed by atoms with Crippen molar-refractivity contribution in [3.8, 4) is 0 Å². The van der Waals surface area contributed by atoms with Gasteiger partial charge in [0, 0.05) is 4.88 Å². The molecule has 0 fully saturated rings. The lowest BCUT2D eigenvalue weighted by Crippen LogP contribution is -2.19. The monoisotopic (exact) mass is 241 g/mol. The van der Waals surface area contributed by atoms with Gasteiger partial charge in [-0.1, -0.05) is 20.8 Å². The van der Waals surface area contributed by atoms with Gasteiger partial charge >= 0.3 is 5.97 Å². The molecule has 1 aromatic rings. The molecule has 1 unspecified atom stereocenters. The molecule has 3 nitrogen and oxygen atoms in total. The van der Waals surface area contributed by atoms with Crippen molar-refractivity contribution < 1.29 is 9.53 Å². The minimum Gasteiger partial charge on any atom is -0.469 e. The minimum atomic E-state index is -0.178. The first-order valence-corrected chi connectivity index (χ1v) is 6.36. The molecule has 0 bridgehead atoms. The standard InChI is InChI=1S/C12H19NO2S/c1-6-9-13-8(4)11(16-9)10(7(2)3)12(14)15-5/h7,10H,6H2,1-5H3. The Hall–Kier alpha value is -0.900. The third-order valence-corrected chi connectivity index (χ3v) is 3.97. The highest BCUT2D eigenvalue weighted by atomic mass is 32.1. The molecule has 16 heavy (non-hydrogen) atoms. The summed E-state index contributed by atoms with van der Waals surface area (Å²) in [6.45, 7) is 8.10. The molecule has 4 heteroatoms. The van der Waals surface area contributed by atoms with E-state index < -0.39 is 0 Å². The fraction of sp³-hybridized carbons (Fsp3) is 0.667. The number of hydrogen-bond donors (Lipinski definition) is 0. The van der Waals surface area contributed by atoms with Gasteiger partial charge in [0.25, 0.3) is 0 Å². The summed E-state index contributed by atoms with van der Waals surface area (Å²) in [5.41, 5.74) is 0.964. The van der Waals surface area contributed by atoms with E-state index in [-0.39, 0.29) is 17.8 Å². The molecule has 1 rings (SSSR count). The Morgan fingerprint density at radius 1 is 1.50 bits per heavy atom. The Morgan fingerprint density at radius 3 is 2.50 bits per heavy atom. The molecule has 0 aliphatic heterocycles. The van der Waals surface area contributed by atoms with Gasteiger partial charge in [-0.3, -0.25) is 4.79 Å². The van der Waals surface area contributed by atoms with Crippen LogP contribution < -0.4 is 0 Å². The van der Waals surface area contributed by atoms with Crippen LogP contribution in [0.2, 0.25) is 0 Å². The van der Waals surface area contributed by atoms with E-state index in [0.717, 1.165) is 22.0 Å². The average Bonchev–Trinajstić information content (AvgIpc) is 2.59. The summed E-state index contributed by atoms with van der Waals surface area (Å²) in [4.78, 5) is 17.3. The van der Waals surface area contributed by atoms with Crippen molar-refractivity contribution in [2.75, 3.05) is 7.11 Å². The summed E-state index contributed by atoms with van der Waals surface area (Å²) in [7, 11) is 1.44. The van der Waals surface area contributed by atoms with Gasteiger partial charge in [-0.25, -0.2) is 4.98 Å². The largest absolute Gasteiger partial charge is 0.469 e. The second-order valence-electron chi connectivity index (χ2n) is 4.16. The van der Waals surface area contributed by atoms with Crippen LogP contribution in [-0.4, -0.2) is 18.1 Å². The number of esters is 1. The van der Waals surface area contributed by atoms with E-state index in [1.807, 2.05) is 20.8 Å². The predicted octanol–water partition coefficient (Wildman–Crippen LogP) is 2.93. The lowest BCUT2D eigenvalue weighted by atomic mass is 9.93. The number of carbonyl (C=O) groups is 1. The highest BCUT2D eigenvalue weighted by molar-refractivity contribution is 7.12. The second kappa shape index (κ2) is 5.43. The van der Waals surface area contributed by atoms with Crippen LogP contribution in [0.3, 0.4) is 0 Å². The summed E-state index contributed by atoms with van der Waals surface area (Å²) in [6, 6.07) is 0. The van der Waals surface area contributed by atoms with Crippen molar-refractivity contribution in [2.24, 2.45) is 5.92 Å². The Balaban J connectivity index is 3.10. The smallest absolute Gasteiger partial charge is 0.314 e. The van der Waals surface area contributed by atoms with E-state index in [4.69, 9.17) is 4.74 Å². The van der Waals surface area contributed by atoms with Gasteiger partial charge < -0.3 is 4.74 Å². The zero-order valence-electron chi connectivity index (χ0n) is 10.5. The fourth-order valence-electron chi connectivity index (χ4n) is 1.71. The van der Waals surface area contributed by atoms with Crippen LogP contribution in [0, 0.1) is 12.8 Å². The topological polar surface area (TPSA) is 39.2 Å². The van der Waals surface area contributed by atoms with Gasteiger partial charge in [0.05, 0.1) is 23.7 Å². The Kier molecular flexibility index (Phi) is 4.47. The molecule has 0 aliphatic carbocycles. The Labute approximate surface area is 101 Å². The molecule has 90 valence electrons. The number of aryl methyl sites for hydroxylation is 2. The highest BCUT2D eigenvalue weighted by Gasteiger charge is 2.28. The quantitative estimate of drug-likeness (QED) is 0.761. The molecular weight excluding hydrogens is 222 g/mol. The van der Waals surface area contributed by atoms with E-state index in [9.17, 15) is 4.79 Å². The van der Waals surface area contributed by atoms with E-state index in [0.29, 0.717) is 0 Å². The number of aromatic nitrogens is 1. The van der Waals surface area contributed by atoms with Crippen molar-refractivity contribution in [1.29, 1.82) is 0 Å². The Bertz CT molecular complexity index is 371. The molecule has 0 aromatic carbocycles. The first kappa shape index (κ1) is 13.2. The molecular formula is C12H19NO2S. The number of carbonyl (C=O) groups excluding carboxylic acids is 1. The number of nitrogens with zero attached hydrogens (tertiary/aromatic N) is 1. The Morgan fingerprint density at radius 2 is 2.12 bits per heavy atom.